The van der Waals surface area contributed by atoms with Crippen LogP contribution in [0.3, 0.4) is 0 Å². The van der Waals surface area contributed by atoms with Gasteiger partial charge in [0.05, 0.1) is 0 Å². The molecular weight excluding hydrogens is 321 g/mol. The molecule has 1 fully saturated rings. The van der Waals surface area contributed by atoms with Crippen LogP contribution >= 0.6 is 0 Å². The second-order valence-corrected chi connectivity index (χ2v) is 6.48. The highest BCUT2D eigenvalue weighted by molar-refractivity contribution is 5.75. The zero-order chi connectivity index (χ0) is 17.8. The number of carboxylic acids is 1. The molecule has 1 saturated heterocycles. The number of aromatic nitrogens is 1. The Hall–Kier alpha value is -2.31. The standard InChI is InChI=1S/C19H22FN3O2/c1-14-9-16(11-17(20)10-14)18(19(24)25)23-7-5-22(6-8-23)13-15-3-2-4-21-12-15/h2-4,9-12,18H,5-8,13H2,1H3,(H,24,25)/t18-/m0/s1. The van der Waals surface area contributed by atoms with Crippen LogP contribution < -0.4 is 0 Å². The van der Waals surface area contributed by atoms with Gasteiger partial charge in [0.15, 0.2) is 0 Å². The first-order valence-corrected chi connectivity index (χ1v) is 8.38. The SMILES string of the molecule is Cc1cc(F)cc([C@@H](C(=O)O)N2CCN(Cc3cccnc3)CC2)c1. The molecule has 3 rings (SSSR count). The van der Waals surface area contributed by atoms with Gasteiger partial charge in [0, 0.05) is 45.1 Å². The third-order valence-corrected chi connectivity index (χ3v) is 4.52. The van der Waals surface area contributed by atoms with Gasteiger partial charge in [-0.25, -0.2) is 4.39 Å². The van der Waals surface area contributed by atoms with Crippen LogP contribution in [0.2, 0.25) is 0 Å². The normalized spacial score (nSPS) is 17.4. The smallest absolute Gasteiger partial charge is 0.325 e. The van der Waals surface area contributed by atoms with E-state index in [4.69, 9.17) is 0 Å². The van der Waals surface area contributed by atoms with Crippen molar-refractivity contribution in [1.29, 1.82) is 0 Å². The fourth-order valence-electron chi connectivity index (χ4n) is 3.36. The van der Waals surface area contributed by atoms with Gasteiger partial charge in [-0.3, -0.25) is 19.6 Å². The number of hydrogen-bond donors (Lipinski definition) is 1. The van der Waals surface area contributed by atoms with Crippen molar-refractivity contribution in [2.45, 2.75) is 19.5 Å². The first kappa shape index (κ1) is 17.5. The number of hydrogen-bond acceptors (Lipinski definition) is 4. The Balaban J connectivity index is 1.68. The van der Waals surface area contributed by atoms with Gasteiger partial charge in [0.1, 0.15) is 11.9 Å². The lowest BCUT2D eigenvalue weighted by Gasteiger charge is -2.37. The van der Waals surface area contributed by atoms with Crippen molar-refractivity contribution in [2.24, 2.45) is 0 Å². The summed E-state index contributed by atoms with van der Waals surface area (Å²) in [6.45, 7) is 5.38. The molecule has 0 saturated carbocycles. The molecule has 1 aromatic heterocycles. The molecule has 1 aliphatic heterocycles. The molecular formula is C19H22FN3O2. The molecule has 0 aliphatic carbocycles. The van der Waals surface area contributed by atoms with Crippen LogP contribution in [0.25, 0.3) is 0 Å². The molecule has 1 aromatic carbocycles. The Morgan fingerprint density at radius 3 is 2.64 bits per heavy atom. The summed E-state index contributed by atoms with van der Waals surface area (Å²) in [5.41, 5.74) is 2.38. The van der Waals surface area contributed by atoms with Crippen molar-refractivity contribution in [2.75, 3.05) is 26.2 Å². The molecule has 132 valence electrons. The van der Waals surface area contributed by atoms with Gasteiger partial charge in [-0.1, -0.05) is 12.1 Å². The molecule has 0 bridgehead atoms. The molecule has 6 heteroatoms. The minimum absolute atomic E-state index is 0.392. The maximum atomic E-state index is 13.7. The number of benzene rings is 1. The zero-order valence-corrected chi connectivity index (χ0v) is 14.2. The number of carboxylic acid groups (broad SMARTS) is 1. The summed E-state index contributed by atoms with van der Waals surface area (Å²) in [7, 11) is 0. The topological polar surface area (TPSA) is 56.7 Å². The summed E-state index contributed by atoms with van der Waals surface area (Å²) in [5, 5.41) is 9.68. The molecule has 25 heavy (non-hydrogen) atoms. The van der Waals surface area contributed by atoms with E-state index in [0.29, 0.717) is 18.7 Å². The van der Waals surface area contributed by atoms with E-state index < -0.39 is 17.8 Å². The van der Waals surface area contributed by atoms with Crippen molar-refractivity contribution < 1.29 is 14.3 Å². The number of aryl methyl sites for hydroxylation is 1. The van der Waals surface area contributed by atoms with Crippen LogP contribution in [0.1, 0.15) is 22.7 Å². The summed E-state index contributed by atoms with van der Waals surface area (Å²) in [5.74, 6) is -1.33. The summed E-state index contributed by atoms with van der Waals surface area (Å²) in [6.07, 6.45) is 3.60. The molecule has 0 radical (unpaired) electrons. The van der Waals surface area contributed by atoms with Crippen LogP contribution in [0.5, 0.6) is 0 Å². The molecule has 5 nitrogen and oxygen atoms in total. The Bertz CT molecular complexity index is 710. The summed E-state index contributed by atoms with van der Waals surface area (Å²) in [4.78, 5) is 20.1. The highest BCUT2D eigenvalue weighted by Gasteiger charge is 2.30. The summed E-state index contributed by atoms with van der Waals surface area (Å²) < 4.78 is 13.7. The minimum Gasteiger partial charge on any atom is -0.480 e. The van der Waals surface area contributed by atoms with E-state index in [1.165, 1.54) is 12.1 Å². The van der Waals surface area contributed by atoms with Crippen molar-refractivity contribution in [3.8, 4) is 0 Å². The molecule has 1 aliphatic rings. The van der Waals surface area contributed by atoms with E-state index in [1.54, 1.807) is 19.2 Å². The molecule has 1 atom stereocenters. The largest absolute Gasteiger partial charge is 0.480 e. The van der Waals surface area contributed by atoms with E-state index in [9.17, 15) is 14.3 Å². The van der Waals surface area contributed by atoms with Gasteiger partial charge in [-0.2, -0.15) is 0 Å². The van der Waals surface area contributed by atoms with Crippen molar-refractivity contribution in [3.63, 3.8) is 0 Å². The highest BCUT2D eigenvalue weighted by atomic mass is 19.1. The van der Waals surface area contributed by atoms with Crippen LogP contribution in [0.4, 0.5) is 4.39 Å². The second-order valence-electron chi connectivity index (χ2n) is 6.48. The van der Waals surface area contributed by atoms with E-state index in [-0.39, 0.29) is 0 Å². The first-order valence-electron chi connectivity index (χ1n) is 8.38. The molecule has 2 heterocycles. The van der Waals surface area contributed by atoms with Gasteiger partial charge < -0.3 is 5.11 Å². The molecule has 0 amide bonds. The lowest BCUT2D eigenvalue weighted by Crippen LogP contribution is -2.48. The number of nitrogens with zero attached hydrogens (tertiary/aromatic N) is 3. The molecule has 2 aromatic rings. The van der Waals surface area contributed by atoms with E-state index in [0.717, 1.165) is 30.8 Å². The lowest BCUT2D eigenvalue weighted by atomic mass is 10.0. The van der Waals surface area contributed by atoms with Gasteiger partial charge in [0.25, 0.3) is 0 Å². The predicted octanol–water partition coefficient (Wildman–Crippen LogP) is 2.47. The molecule has 0 unspecified atom stereocenters. The highest BCUT2D eigenvalue weighted by Crippen LogP contribution is 2.25. The summed E-state index contributed by atoms with van der Waals surface area (Å²) in [6, 6.07) is 7.63. The van der Waals surface area contributed by atoms with Gasteiger partial charge in [0.2, 0.25) is 0 Å². The second kappa shape index (κ2) is 7.72. The van der Waals surface area contributed by atoms with Crippen LogP contribution in [0.15, 0.2) is 42.7 Å². The third kappa shape index (κ3) is 4.41. The summed E-state index contributed by atoms with van der Waals surface area (Å²) >= 11 is 0. The van der Waals surface area contributed by atoms with E-state index in [2.05, 4.69) is 9.88 Å². The minimum atomic E-state index is -0.939. The lowest BCUT2D eigenvalue weighted by molar-refractivity contribution is -0.144. The number of halogens is 1. The number of piperazine rings is 1. The Morgan fingerprint density at radius 1 is 1.28 bits per heavy atom. The molecule has 0 spiro atoms. The Labute approximate surface area is 146 Å². The molecule has 1 N–H and O–H groups in total. The van der Waals surface area contributed by atoms with Crippen LogP contribution in [-0.2, 0) is 11.3 Å². The van der Waals surface area contributed by atoms with E-state index >= 15 is 0 Å². The predicted molar refractivity (Wildman–Crippen MR) is 92.6 cm³/mol. The fraction of sp³-hybridized carbons (Fsp3) is 0.368. The van der Waals surface area contributed by atoms with E-state index in [1.807, 2.05) is 23.2 Å². The third-order valence-electron chi connectivity index (χ3n) is 4.52. The Kier molecular flexibility index (Phi) is 5.40. The fourth-order valence-corrected chi connectivity index (χ4v) is 3.36. The van der Waals surface area contributed by atoms with Crippen molar-refractivity contribution >= 4 is 5.97 Å². The monoisotopic (exact) mass is 343 g/mol. The van der Waals surface area contributed by atoms with Gasteiger partial charge in [-0.05, 0) is 41.8 Å². The van der Waals surface area contributed by atoms with Gasteiger partial charge >= 0.3 is 5.97 Å². The average molecular weight is 343 g/mol. The maximum Gasteiger partial charge on any atom is 0.325 e. The quantitative estimate of drug-likeness (QED) is 0.904. The van der Waals surface area contributed by atoms with Crippen LogP contribution in [0, 0.1) is 12.7 Å². The number of rotatable bonds is 5. The van der Waals surface area contributed by atoms with Crippen molar-refractivity contribution in [3.05, 3.63) is 65.2 Å². The Morgan fingerprint density at radius 2 is 2.04 bits per heavy atom. The maximum absolute atomic E-state index is 13.7. The number of pyridine rings is 1. The van der Waals surface area contributed by atoms with Crippen molar-refractivity contribution in [1.82, 2.24) is 14.8 Å². The van der Waals surface area contributed by atoms with Crippen LogP contribution in [-0.4, -0.2) is 52.0 Å². The zero-order valence-electron chi connectivity index (χ0n) is 14.2. The average Bonchev–Trinajstić information content (AvgIpc) is 2.56. The number of aliphatic carboxylic acids is 1. The first-order chi connectivity index (χ1) is 12.0. The number of carbonyl (C=O) groups is 1. The van der Waals surface area contributed by atoms with Gasteiger partial charge in [-0.15, -0.1) is 0 Å².